The zero-order valence-electron chi connectivity index (χ0n) is 22.0. The molecule has 1 aliphatic heterocycles. The van der Waals surface area contributed by atoms with Crippen LogP contribution in [0.4, 0.5) is 4.39 Å². The number of methoxy groups -OCH3 is 1. The van der Waals surface area contributed by atoms with Gasteiger partial charge in [0.2, 0.25) is 0 Å². The Kier molecular flexibility index (Phi) is 7.17. The van der Waals surface area contributed by atoms with Gasteiger partial charge in [0.05, 0.1) is 13.7 Å². The highest BCUT2D eigenvalue weighted by Gasteiger charge is 2.51. The van der Waals surface area contributed by atoms with Crippen LogP contribution < -0.4 is 4.74 Å². The summed E-state index contributed by atoms with van der Waals surface area (Å²) in [6, 6.07) is 4.73. The number of esters is 1. The number of aliphatic hydroxyl groups is 1. The van der Waals surface area contributed by atoms with Crippen molar-refractivity contribution in [2.75, 3.05) is 7.11 Å². The molecule has 1 aliphatic carbocycles. The van der Waals surface area contributed by atoms with E-state index < -0.39 is 29.9 Å². The SMILES string of the molecule is COc1cc(CO)c(F)cc1CCC1(C2CCCC2)CC(=O)C(Cc2nc3nc(C)cc(C)n3n2)C(=O)O1. The Hall–Kier alpha value is -3.40. The van der Waals surface area contributed by atoms with Gasteiger partial charge in [0.15, 0.2) is 11.6 Å². The summed E-state index contributed by atoms with van der Waals surface area (Å²) >= 11 is 0. The number of ether oxygens (including phenoxy) is 2. The number of hydrogen-bond donors (Lipinski definition) is 1. The first-order chi connectivity index (χ1) is 18.2. The molecule has 38 heavy (non-hydrogen) atoms. The van der Waals surface area contributed by atoms with Crippen LogP contribution in [0.25, 0.3) is 5.78 Å². The van der Waals surface area contributed by atoms with Crippen LogP contribution in [0.15, 0.2) is 18.2 Å². The molecule has 2 atom stereocenters. The normalized spacial score (nSPS) is 22.3. The van der Waals surface area contributed by atoms with E-state index in [0.29, 0.717) is 35.8 Å². The van der Waals surface area contributed by atoms with E-state index in [1.165, 1.54) is 19.2 Å². The van der Waals surface area contributed by atoms with E-state index >= 15 is 0 Å². The van der Waals surface area contributed by atoms with Crippen LogP contribution >= 0.6 is 0 Å². The number of hydrogen-bond acceptors (Lipinski definition) is 8. The summed E-state index contributed by atoms with van der Waals surface area (Å²) in [6.45, 7) is 3.34. The second-order valence-electron chi connectivity index (χ2n) is 10.6. The van der Waals surface area contributed by atoms with Gasteiger partial charge in [0.25, 0.3) is 5.78 Å². The number of benzene rings is 1. The van der Waals surface area contributed by atoms with Crippen molar-refractivity contribution in [3.63, 3.8) is 0 Å². The molecule has 10 heteroatoms. The topological polar surface area (TPSA) is 116 Å². The number of ketones is 1. The summed E-state index contributed by atoms with van der Waals surface area (Å²) in [7, 11) is 1.49. The van der Waals surface area contributed by atoms with Gasteiger partial charge in [-0.1, -0.05) is 12.8 Å². The number of Topliss-reactive ketones (excluding diaryl/α,β-unsaturated/α-hetero) is 1. The molecule has 1 aromatic carbocycles. The lowest BCUT2D eigenvalue weighted by molar-refractivity contribution is -0.185. The Labute approximate surface area is 220 Å². The number of carbonyl (C=O) groups excluding carboxylic acids is 2. The Bertz CT molecular complexity index is 1360. The van der Waals surface area contributed by atoms with Gasteiger partial charge in [0, 0.05) is 29.8 Å². The Morgan fingerprint density at radius 1 is 1.16 bits per heavy atom. The third-order valence-corrected chi connectivity index (χ3v) is 8.04. The molecule has 1 N–H and O–H groups in total. The van der Waals surface area contributed by atoms with E-state index in [1.807, 2.05) is 19.9 Å². The lowest BCUT2D eigenvalue weighted by Gasteiger charge is -2.43. The summed E-state index contributed by atoms with van der Waals surface area (Å²) in [6.07, 6.45) is 4.69. The van der Waals surface area contributed by atoms with Gasteiger partial charge >= 0.3 is 5.97 Å². The van der Waals surface area contributed by atoms with Gasteiger partial charge in [0.1, 0.15) is 23.1 Å². The van der Waals surface area contributed by atoms with E-state index in [4.69, 9.17) is 9.47 Å². The van der Waals surface area contributed by atoms with Crippen LogP contribution in [0.2, 0.25) is 0 Å². The molecule has 2 unspecified atom stereocenters. The van der Waals surface area contributed by atoms with E-state index in [1.54, 1.807) is 4.52 Å². The van der Waals surface area contributed by atoms with Crippen molar-refractivity contribution in [1.82, 2.24) is 19.6 Å². The maximum atomic E-state index is 14.5. The first-order valence-electron chi connectivity index (χ1n) is 13.1. The van der Waals surface area contributed by atoms with Crippen molar-refractivity contribution < 1.29 is 28.6 Å². The van der Waals surface area contributed by atoms with E-state index in [0.717, 1.165) is 37.1 Å². The number of nitrogens with zero attached hydrogens (tertiary/aromatic N) is 4. The maximum Gasteiger partial charge on any atom is 0.317 e. The molecule has 2 aromatic heterocycles. The molecule has 5 rings (SSSR count). The molecular formula is C28H33FN4O5. The van der Waals surface area contributed by atoms with E-state index in [2.05, 4.69) is 15.1 Å². The summed E-state index contributed by atoms with van der Waals surface area (Å²) in [4.78, 5) is 35.7. The number of aryl methyl sites for hydroxylation is 3. The van der Waals surface area contributed by atoms with Crippen molar-refractivity contribution >= 4 is 17.5 Å². The number of aliphatic hydroxyl groups excluding tert-OH is 1. The van der Waals surface area contributed by atoms with Crippen LogP contribution in [0.5, 0.6) is 5.75 Å². The van der Waals surface area contributed by atoms with Crippen LogP contribution in [0.1, 0.15) is 66.9 Å². The van der Waals surface area contributed by atoms with Crippen LogP contribution in [-0.4, -0.2) is 49.2 Å². The fourth-order valence-electron chi connectivity index (χ4n) is 6.04. The third kappa shape index (κ3) is 4.89. The fourth-order valence-corrected chi connectivity index (χ4v) is 6.04. The molecule has 9 nitrogen and oxygen atoms in total. The minimum Gasteiger partial charge on any atom is -0.496 e. The highest BCUT2D eigenvalue weighted by molar-refractivity contribution is 6.01. The minimum atomic E-state index is -0.973. The van der Waals surface area contributed by atoms with Crippen molar-refractivity contribution in [2.24, 2.45) is 11.8 Å². The molecule has 0 spiro atoms. The van der Waals surface area contributed by atoms with E-state index in [-0.39, 0.29) is 30.1 Å². The summed E-state index contributed by atoms with van der Waals surface area (Å²) in [5, 5.41) is 13.9. The fraction of sp³-hybridized carbons (Fsp3) is 0.536. The van der Waals surface area contributed by atoms with Crippen molar-refractivity contribution in [3.05, 3.63) is 52.4 Å². The van der Waals surface area contributed by atoms with Crippen molar-refractivity contribution in [1.29, 1.82) is 0 Å². The Morgan fingerprint density at radius 2 is 1.92 bits per heavy atom. The highest BCUT2D eigenvalue weighted by atomic mass is 19.1. The Morgan fingerprint density at radius 3 is 2.61 bits per heavy atom. The molecular weight excluding hydrogens is 491 g/mol. The molecule has 1 saturated carbocycles. The van der Waals surface area contributed by atoms with Crippen LogP contribution in [0.3, 0.4) is 0 Å². The van der Waals surface area contributed by atoms with Gasteiger partial charge in [-0.15, -0.1) is 5.10 Å². The average Bonchev–Trinajstić information content (AvgIpc) is 3.56. The molecule has 2 aliphatic rings. The number of fused-ring (bicyclic) bond motifs is 1. The number of cyclic esters (lactones) is 1. The monoisotopic (exact) mass is 524 g/mol. The molecule has 202 valence electrons. The predicted molar refractivity (Wildman–Crippen MR) is 135 cm³/mol. The van der Waals surface area contributed by atoms with Gasteiger partial charge in [-0.25, -0.2) is 13.9 Å². The second-order valence-corrected chi connectivity index (χ2v) is 10.6. The van der Waals surface area contributed by atoms with Crippen molar-refractivity contribution in [2.45, 2.75) is 77.4 Å². The molecule has 0 radical (unpaired) electrons. The number of aromatic nitrogens is 4. The zero-order valence-corrected chi connectivity index (χ0v) is 22.0. The standard InChI is InChI=1S/C28H33FN4O5/c1-16-10-17(2)33-27(30-16)31-25(32-33)13-21-23(35)14-28(38-26(21)36,20-6-4-5-7-20)9-8-18-11-22(29)19(15-34)12-24(18)37-3/h10-12,20-21,34H,4-9,13-15H2,1-3H3. The van der Waals surface area contributed by atoms with Gasteiger partial charge in [-0.05, 0) is 69.2 Å². The number of carbonyl (C=O) groups is 2. The molecule has 2 fully saturated rings. The van der Waals surface area contributed by atoms with Crippen LogP contribution in [0, 0.1) is 31.5 Å². The largest absolute Gasteiger partial charge is 0.496 e. The van der Waals surface area contributed by atoms with Crippen molar-refractivity contribution in [3.8, 4) is 5.75 Å². The number of halogens is 1. The van der Waals surface area contributed by atoms with Gasteiger partial charge in [-0.2, -0.15) is 4.98 Å². The molecule has 3 heterocycles. The highest BCUT2D eigenvalue weighted by Crippen LogP contribution is 2.45. The van der Waals surface area contributed by atoms with Gasteiger partial charge in [-0.3, -0.25) is 9.59 Å². The second kappa shape index (κ2) is 10.4. The quantitative estimate of drug-likeness (QED) is 0.351. The maximum absolute atomic E-state index is 14.5. The predicted octanol–water partition coefficient (Wildman–Crippen LogP) is 3.62. The van der Waals surface area contributed by atoms with E-state index in [9.17, 15) is 19.1 Å². The lowest BCUT2D eigenvalue weighted by Crippen LogP contribution is -2.52. The molecule has 0 bridgehead atoms. The lowest BCUT2D eigenvalue weighted by atomic mass is 9.73. The zero-order chi connectivity index (χ0) is 27.0. The first kappa shape index (κ1) is 26.2. The molecule has 3 aromatic rings. The smallest absolute Gasteiger partial charge is 0.317 e. The number of rotatable bonds is 8. The van der Waals surface area contributed by atoms with Gasteiger partial charge < -0.3 is 14.6 Å². The summed E-state index contributed by atoms with van der Waals surface area (Å²) in [5.74, 6) is -0.897. The Balaban J connectivity index is 1.38. The summed E-state index contributed by atoms with van der Waals surface area (Å²) in [5.41, 5.74) is 1.49. The average molecular weight is 525 g/mol. The molecule has 1 saturated heterocycles. The first-order valence-corrected chi connectivity index (χ1v) is 13.1. The molecule has 0 amide bonds. The summed E-state index contributed by atoms with van der Waals surface area (Å²) < 4.78 is 27.7. The van der Waals surface area contributed by atoms with Crippen LogP contribution in [-0.2, 0) is 33.8 Å². The minimum absolute atomic E-state index is 0.0575. The third-order valence-electron chi connectivity index (χ3n) is 8.04.